The van der Waals surface area contributed by atoms with Crippen LogP contribution in [0.25, 0.3) is 22.9 Å². The molecule has 4 N–H and O–H groups in total. The van der Waals surface area contributed by atoms with Gasteiger partial charge in [-0.1, -0.05) is 54.6 Å². The topological polar surface area (TPSA) is 136 Å². The molecule has 0 atom stereocenters. The van der Waals surface area contributed by atoms with E-state index in [1.54, 1.807) is 16.8 Å². The maximum atomic E-state index is 11.5. The predicted molar refractivity (Wildman–Crippen MR) is 130 cm³/mol. The molecule has 5 aromatic rings. The zero-order valence-corrected chi connectivity index (χ0v) is 18.6. The highest BCUT2D eigenvalue weighted by molar-refractivity contribution is 5.67. The Labute approximate surface area is 198 Å². The van der Waals surface area contributed by atoms with E-state index in [0.717, 1.165) is 29.5 Å². The number of nitrogens with zero attached hydrogens (tertiary/aromatic N) is 5. The minimum Gasteiger partial charge on any atom is -0.493 e. The van der Waals surface area contributed by atoms with Crippen LogP contribution in [0, 0.1) is 0 Å². The van der Waals surface area contributed by atoms with Crippen molar-refractivity contribution in [2.24, 2.45) is 4.99 Å². The summed E-state index contributed by atoms with van der Waals surface area (Å²) in [6.07, 6.45) is 5.27. The standard InChI is InChI=1S/C25H22N8O2/c34-22-20(29-25(35)31-22)12-17-14-27-33-21(17)30-23(32-24(33)28-18-10-11-18)26-13-16-8-4-5-9-19(16)15-6-2-1-3-7-15/h1-9,12,14,18,34H,10-11,13H2,(H,26,28,32)(H2,29,31,35)/b17-12-. The van der Waals surface area contributed by atoms with Gasteiger partial charge in [-0.25, -0.2) is 9.79 Å². The number of imidazole rings is 1. The summed E-state index contributed by atoms with van der Waals surface area (Å²) in [6, 6.07) is 18.7. The molecule has 174 valence electrons. The molecule has 10 heteroatoms. The van der Waals surface area contributed by atoms with Gasteiger partial charge in [0.05, 0.1) is 12.2 Å². The molecule has 2 aromatic carbocycles. The fraction of sp³-hybridized carbons (Fsp3) is 0.160. The van der Waals surface area contributed by atoms with Gasteiger partial charge < -0.3 is 15.4 Å². The summed E-state index contributed by atoms with van der Waals surface area (Å²) in [5, 5.41) is 18.3. The van der Waals surface area contributed by atoms with E-state index in [9.17, 15) is 9.90 Å². The molecule has 0 amide bonds. The Balaban J connectivity index is 1.40. The quantitative estimate of drug-likeness (QED) is 0.301. The minimum atomic E-state index is -0.497. The number of hydrogen-bond acceptors (Lipinski definition) is 7. The molecule has 35 heavy (non-hydrogen) atoms. The summed E-state index contributed by atoms with van der Waals surface area (Å²) in [5.41, 5.74) is 4.10. The van der Waals surface area contributed by atoms with Gasteiger partial charge in [0.2, 0.25) is 11.8 Å². The molecule has 3 aromatic heterocycles. The number of benzene rings is 2. The van der Waals surface area contributed by atoms with Gasteiger partial charge in [0.25, 0.3) is 5.62 Å². The van der Waals surface area contributed by atoms with Crippen LogP contribution >= 0.6 is 0 Å². The highest BCUT2D eigenvalue weighted by Gasteiger charge is 2.21. The lowest BCUT2D eigenvalue weighted by molar-refractivity contribution is 0.454. The molecule has 10 nitrogen and oxygen atoms in total. The second-order valence-corrected chi connectivity index (χ2v) is 8.41. The summed E-state index contributed by atoms with van der Waals surface area (Å²) >= 11 is 0. The van der Waals surface area contributed by atoms with Crippen LogP contribution in [0.5, 0.6) is 5.88 Å². The fourth-order valence-corrected chi connectivity index (χ4v) is 3.91. The van der Waals surface area contributed by atoms with Crippen LogP contribution in [0.15, 0.2) is 70.6 Å². The van der Waals surface area contributed by atoms with E-state index in [0.29, 0.717) is 29.0 Å². The molecule has 0 unspecified atom stereocenters. The average Bonchev–Trinajstić information content (AvgIpc) is 3.51. The number of anilines is 1. The molecule has 3 heterocycles. The molecular weight excluding hydrogens is 444 g/mol. The third-order valence-corrected chi connectivity index (χ3v) is 5.80. The molecule has 1 aliphatic rings. The van der Waals surface area contributed by atoms with Crippen molar-refractivity contribution in [3.63, 3.8) is 0 Å². The van der Waals surface area contributed by atoms with Crippen molar-refractivity contribution in [2.45, 2.75) is 25.4 Å². The number of aromatic hydroxyl groups is 1. The second-order valence-electron chi connectivity index (χ2n) is 8.41. The molecule has 0 bridgehead atoms. The van der Waals surface area contributed by atoms with E-state index in [-0.39, 0.29) is 17.6 Å². The first-order chi connectivity index (χ1) is 17.1. The Kier molecular flexibility index (Phi) is 5.10. The molecule has 1 fully saturated rings. The smallest absolute Gasteiger partial charge is 0.326 e. The lowest BCUT2D eigenvalue weighted by Gasteiger charge is -2.11. The molecule has 1 saturated carbocycles. The van der Waals surface area contributed by atoms with Gasteiger partial charge in [-0.15, -0.1) is 0 Å². The number of aromatic amines is 2. The second kappa shape index (κ2) is 8.56. The normalized spacial score (nSPS) is 14.6. The molecule has 6 rings (SSSR count). The fourth-order valence-electron chi connectivity index (χ4n) is 3.91. The van der Waals surface area contributed by atoms with Gasteiger partial charge in [0, 0.05) is 11.8 Å². The van der Waals surface area contributed by atoms with Crippen LogP contribution < -0.4 is 21.8 Å². The molecule has 0 aliphatic heterocycles. The van der Waals surface area contributed by atoms with Crippen LogP contribution in [0.2, 0.25) is 0 Å². The molecule has 0 spiro atoms. The number of nitrogens with one attached hydrogen (secondary N) is 3. The Bertz CT molecular complexity index is 1700. The maximum absolute atomic E-state index is 11.5. The third kappa shape index (κ3) is 4.29. The van der Waals surface area contributed by atoms with Crippen LogP contribution in [0.1, 0.15) is 24.1 Å². The number of hydrogen-bond donors (Lipinski definition) is 4. The van der Waals surface area contributed by atoms with Gasteiger partial charge >= 0.3 is 5.69 Å². The number of rotatable bonds is 6. The van der Waals surface area contributed by atoms with Crippen molar-refractivity contribution in [2.75, 3.05) is 5.32 Å². The van der Waals surface area contributed by atoms with Crippen molar-refractivity contribution in [1.82, 2.24) is 29.5 Å². The molecular formula is C25H22N8O2. The zero-order chi connectivity index (χ0) is 23.8. The van der Waals surface area contributed by atoms with E-state index in [4.69, 9.17) is 4.99 Å². The number of fused-ring (bicyclic) bond motifs is 1. The lowest BCUT2D eigenvalue weighted by Crippen LogP contribution is -2.24. The van der Waals surface area contributed by atoms with Crippen LogP contribution in [0.4, 0.5) is 5.95 Å². The Morgan fingerprint density at radius 1 is 1.09 bits per heavy atom. The zero-order valence-electron chi connectivity index (χ0n) is 18.6. The third-order valence-electron chi connectivity index (χ3n) is 5.80. The Morgan fingerprint density at radius 3 is 2.66 bits per heavy atom. The van der Waals surface area contributed by atoms with Crippen molar-refractivity contribution >= 4 is 17.7 Å². The van der Waals surface area contributed by atoms with Gasteiger partial charge in [0.1, 0.15) is 5.69 Å². The summed E-state index contributed by atoms with van der Waals surface area (Å²) in [4.78, 5) is 30.4. The predicted octanol–water partition coefficient (Wildman–Crippen LogP) is 1.74. The van der Waals surface area contributed by atoms with Crippen molar-refractivity contribution in [3.8, 4) is 17.0 Å². The van der Waals surface area contributed by atoms with E-state index >= 15 is 0 Å². The van der Waals surface area contributed by atoms with Gasteiger partial charge in [0.15, 0.2) is 5.65 Å². The maximum Gasteiger partial charge on any atom is 0.326 e. The Morgan fingerprint density at radius 2 is 1.89 bits per heavy atom. The minimum absolute atomic E-state index is 0.237. The molecule has 0 saturated heterocycles. The lowest BCUT2D eigenvalue weighted by atomic mass is 10.00. The average molecular weight is 467 g/mol. The summed E-state index contributed by atoms with van der Waals surface area (Å²) in [7, 11) is 0. The summed E-state index contributed by atoms with van der Waals surface area (Å²) in [6.45, 7) is 0.517. The van der Waals surface area contributed by atoms with E-state index < -0.39 is 5.69 Å². The van der Waals surface area contributed by atoms with Gasteiger partial charge in [-0.3, -0.25) is 4.98 Å². The molecule has 1 aliphatic carbocycles. The highest BCUT2D eigenvalue weighted by Crippen LogP contribution is 2.24. The first-order valence-corrected chi connectivity index (χ1v) is 11.3. The van der Waals surface area contributed by atoms with Crippen molar-refractivity contribution in [1.29, 1.82) is 0 Å². The van der Waals surface area contributed by atoms with E-state index in [1.165, 1.54) is 0 Å². The summed E-state index contributed by atoms with van der Waals surface area (Å²) in [5.74, 6) is 0.170. The number of aromatic nitrogens is 6. The highest BCUT2D eigenvalue weighted by atomic mass is 16.3. The summed E-state index contributed by atoms with van der Waals surface area (Å²) < 4.78 is 1.58. The first-order valence-electron chi connectivity index (χ1n) is 11.3. The Hall–Kier alpha value is -4.73. The van der Waals surface area contributed by atoms with Crippen molar-refractivity contribution < 1.29 is 5.11 Å². The van der Waals surface area contributed by atoms with Crippen LogP contribution in [0.3, 0.4) is 0 Å². The van der Waals surface area contributed by atoms with E-state index in [2.05, 4.69) is 54.6 Å². The van der Waals surface area contributed by atoms with Crippen LogP contribution in [-0.2, 0) is 6.54 Å². The monoisotopic (exact) mass is 466 g/mol. The van der Waals surface area contributed by atoms with Gasteiger partial charge in [-0.2, -0.15) is 19.6 Å². The molecule has 0 radical (unpaired) electrons. The number of H-pyrrole nitrogens is 2. The van der Waals surface area contributed by atoms with E-state index in [1.807, 2.05) is 30.3 Å². The first kappa shape index (κ1) is 20.8. The van der Waals surface area contributed by atoms with Crippen molar-refractivity contribution in [3.05, 3.63) is 93.4 Å². The van der Waals surface area contributed by atoms with Gasteiger partial charge in [-0.05, 0) is 35.6 Å². The SMILES string of the molecule is O=c1[nH]c(O)c(/C=c2/cnn3c(=NC4CC4)nc(NCc4ccccc4-c4ccccc4)nc23)[nH]1. The van der Waals surface area contributed by atoms with Crippen LogP contribution in [-0.4, -0.2) is 40.7 Å². The largest absolute Gasteiger partial charge is 0.493 e.